The summed E-state index contributed by atoms with van der Waals surface area (Å²) in [6.45, 7) is 7.99. The smallest absolute Gasteiger partial charge is 0.251 e. The number of piperidine rings is 1. The molecule has 7 heteroatoms. The fourth-order valence-corrected chi connectivity index (χ4v) is 4.30. The summed E-state index contributed by atoms with van der Waals surface area (Å²) in [6.07, 6.45) is 5.15. The average molecular weight is 396 g/mol. The number of sulfonamides is 1. The van der Waals surface area contributed by atoms with Crippen molar-refractivity contribution >= 4 is 21.6 Å². The summed E-state index contributed by atoms with van der Waals surface area (Å²) in [5.41, 5.74) is 1.81. The van der Waals surface area contributed by atoms with Gasteiger partial charge in [0.1, 0.15) is 0 Å². The first-order valence-electron chi connectivity index (χ1n) is 9.93. The van der Waals surface area contributed by atoms with Crippen LogP contribution in [0.25, 0.3) is 0 Å². The molecule has 1 aliphatic rings. The maximum absolute atomic E-state index is 12.4. The van der Waals surface area contributed by atoms with Crippen molar-refractivity contribution < 1.29 is 13.2 Å². The van der Waals surface area contributed by atoms with E-state index in [1.54, 1.807) is 0 Å². The molecule has 1 fully saturated rings. The van der Waals surface area contributed by atoms with E-state index in [1.165, 1.54) is 17.0 Å². The van der Waals surface area contributed by atoms with Crippen LogP contribution in [-0.4, -0.2) is 57.6 Å². The van der Waals surface area contributed by atoms with Crippen LogP contribution >= 0.6 is 0 Å². The van der Waals surface area contributed by atoms with Crippen molar-refractivity contribution in [3.63, 3.8) is 0 Å². The van der Waals surface area contributed by atoms with Gasteiger partial charge in [-0.2, -0.15) is 0 Å². The van der Waals surface area contributed by atoms with Crippen molar-refractivity contribution in [2.45, 2.75) is 39.5 Å². The van der Waals surface area contributed by atoms with Crippen molar-refractivity contribution in [1.29, 1.82) is 0 Å². The van der Waals surface area contributed by atoms with Gasteiger partial charge in [0, 0.05) is 44.0 Å². The lowest BCUT2D eigenvalue weighted by Crippen LogP contribution is -2.41. The number of unbranched alkanes of at least 4 members (excludes halogenated alkanes) is 1. The highest BCUT2D eigenvalue weighted by atomic mass is 32.2. The maximum Gasteiger partial charge on any atom is 0.251 e. The molecule has 0 radical (unpaired) electrons. The molecule has 1 aromatic carbocycles. The molecular formula is C20H33N3O3S. The summed E-state index contributed by atoms with van der Waals surface area (Å²) < 4.78 is 24.6. The average Bonchev–Trinajstić information content (AvgIpc) is 2.67. The van der Waals surface area contributed by atoms with Crippen molar-refractivity contribution in [2.24, 2.45) is 5.92 Å². The molecule has 1 saturated heterocycles. The topological polar surface area (TPSA) is 69.7 Å². The SMILES string of the molecule is CCCCN(CC)c1ccc(C(=O)NCC2CCN(S(C)(=O)=O)CC2)cc1. The van der Waals surface area contributed by atoms with Crippen LogP contribution in [0.3, 0.4) is 0 Å². The Hall–Kier alpha value is -1.60. The third-order valence-corrected chi connectivity index (χ3v) is 6.55. The van der Waals surface area contributed by atoms with Gasteiger partial charge in [-0.1, -0.05) is 13.3 Å². The van der Waals surface area contributed by atoms with Gasteiger partial charge in [0.05, 0.1) is 6.26 Å². The first kappa shape index (κ1) is 21.7. The molecule has 6 nitrogen and oxygen atoms in total. The van der Waals surface area contributed by atoms with E-state index in [0.29, 0.717) is 31.1 Å². The Bertz CT molecular complexity index is 696. The molecule has 0 unspecified atom stereocenters. The van der Waals surface area contributed by atoms with Crippen molar-refractivity contribution in [3.05, 3.63) is 29.8 Å². The Labute approximate surface area is 164 Å². The monoisotopic (exact) mass is 395 g/mol. The molecule has 1 amide bonds. The fraction of sp³-hybridized carbons (Fsp3) is 0.650. The number of rotatable bonds is 9. The molecule has 0 saturated carbocycles. The van der Waals surface area contributed by atoms with Gasteiger partial charge in [0.25, 0.3) is 5.91 Å². The molecule has 0 bridgehead atoms. The zero-order valence-corrected chi connectivity index (χ0v) is 17.6. The van der Waals surface area contributed by atoms with Gasteiger partial charge in [0.15, 0.2) is 0 Å². The number of benzene rings is 1. The number of anilines is 1. The lowest BCUT2D eigenvalue weighted by atomic mass is 9.98. The Morgan fingerprint density at radius 1 is 1.19 bits per heavy atom. The van der Waals surface area contributed by atoms with Crippen molar-refractivity contribution in [1.82, 2.24) is 9.62 Å². The largest absolute Gasteiger partial charge is 0.372 e. The molecule has 152 valence electrons. The second kappa shape index (κ2) is 10.1. The van der Waals surface area contributed by atoms with E-state index in [-0.39, 0.29) is 5.91 Å². The fourth-order valence-electron chi connectivity index (χ4n) is 3.43. The Morgan fingerprint density at radius 2 is 1.81 bits per heavy atom. The molecule has 2 rings (SSSR count). The van der Waals surface area contributed by atoms with Crippen LogP contribution < -0.4 is 10.2 Å². The first-order valence-corrected chi connectivity index (χ1v) is 11.8. The lowest BCUT2D eigenvalue weighted by molar-refractivity contribution is 0.0941. The van der Waals surface area contributed by atoms with E-state index in [0.717, 1.165) is 38.0 Å². The highest BCUT2D eigenvalue weighted by molar-refractivity contribution is 7.88. The van der Waals surface area contributed by atoms with Crippen molar-refractivity contribution in [3.8, 4) is 0 Å². The highest BCUT2D eigenvalue weighted by Gasteiger charge is 2.25. The molecular weight excluding hydrogens is 362 g/mol. The molecule has 0 aliphatic carbocycles. The summed E-state index contributed by atoms with van der Waals surface area (Å²) in [7, 11) is -3.10. The van der Waals surface area contributed by atoms with Crippen LogP contribution in [0, 0.1) is 5.92 Å². The summed E-state index contributed by atoms with van der Waals surface area (Å²) >= 11 is 0. The van der Waals surface area contributed by atoms with Gasteiger partial charge in [-0.15, -0.1) is 0 Å². The summed E-state index contributed by atoms with van der Waals surface area (Å²) in [5, 5.41) is 3.00. The third-order valence-electron chi connectivity index (χ3n) is 5.25. The van der Waals surface area contributed by atoms with Crippen LogP contribution in [0.2, 0.25) is 0 Å². The van der Waals surface area contributed by atoms with Crippen LogP contribution in [0.15, 0.2) is 24.3 Å². The Kier molecular flexibility index (Phi) is 8.10. The number of nitrogens with zero attached hydrogens (tertiary/aromatic N) is 2. The zero-order valence-electron chi connectivity index (χ0n) is 16.8. The molecule has 0 atom stereocenters. The normalized spacial score (nSPS) is 16.3. The number of hydrogen-bond acceptors (Lipinski definition) is 4. The predicted octanol–water partition coefficient (Wildman–Crippen LogP) is 2.71. The second-order valence-corrected chi connectivity index (χ2v) is 9.28. The Balaban J connectivity index is 1.82. The minimum absolute atomic E-state index is 0.0660. The predicted molar refractivity (Wildman–Crippen MR) is 111 cm³/mol. The number of carbonyl (C=O) groups is 1. The lowest BCUT2D eigenvalue weighted by Gasteiger charge is -2.30. The molecule has 1 N–H and O–H groups in total. The molecule has 0 aromatic heterocycles. The molecule has 27 heavy (non-hydrogen) atoms. The van der Waals surface area contributed by atoms with Crippen LogP contribution in [0.1, 0.15) is 49.9 Å². The number of hydrogen-bond donors (Lipinski definition) is 1. The minimum Gasteiger partial charge on any atom is -0.372 e. The van der Waals surface area contributed by atoms with Gasteiger partial charge < -0.3 is 10.2 Å². The second-order valence-electron chi connectivity index (χ2n) is 7.30. The van der Waals surface area contributed by atoms with E-state index in [4.69, 9.17) is 0 Å². The van der Waals surface area contributed by atoms with Gasteiger partial charge in [-0.3, -0.25) is 4.79 Å². The molecule has 1 aliphatic heterocycles. The molecule has 1 heterocycles. The summed E-state index contributed by atoms with van der Waals surface area (Å²) in [5.74, 6) is 0.263. The number of amides is 1. The maximum atomic E-state index is 12.4. The van der Waals surface area contributed by atoms with Gasteiger partial charge >= 0.3 is 0 Å². The van der Waals surface area contributed by atoms with E-state index in [9.17, 15) is 13.2 Å². The zero-order chi connectivity index (χ0) is 19.9. The summed E-state index contributed by atoms with van der Waals surface area (Å²) in [4.78, 5) is 14.7. The molecule has 0 spiro atoms. The van der Waals surface area contributed by atoms with E-state index in [1.807, 2.05) is 24.3 Å². The Morgan fingerprint density at radius 3 is 2.33 bits per heavy atom. The summed E-state index contributed by atoms with van der Waals surface area (Å²) in [6, 6.07) is 7.79. The highest BCUT2D eigenvalue weighted by Crippen LogP contribution is 2.19. The number of nitrogens with one attached hydrogen (secondary N) is 1. The van der Waals surface area contributed by atoms with Crippen LogP contribution in [0.5, 0.6) is 0 Å². The first-order chi connectivity index (χ1) is 12.8. The van der Waals surface area contributed by atoms with Gasteiger partial charge in [-0.05, 0) is 56.4 Å². The standard InChI is InChI=1S/C20H33N3O3S/c1-4-6-13-22(5-2)19-9-7-18(8-10-19)20(24)21-16-17-11-14-23(15-12-17)27(3,25)26/h7-10,17H,4-6,11-16H2,1-3H3,(H,21,24). The van der Waals surface area contributed by atoms with Gasteiger partial charge in [0.2, 0.25) is 10.0 Å². The molecule has 1 aromatic rings. The quantitative estimate of drug-likeness (QED) is 0.698. The van der Waals surface area contributed by atoms with Gasteiger partial charge in [-0.25, -0.2) is 12.7 Å². The van der Waals surface area contributed by atoms with E-state index >= 15 is 0 Å². The number of carbonyl (C=O) groups excluding carboxylic acids is 1. The van der Waals surface area contributed by atoms with E-state index < -0.39 is 10.0 Å². The van der Waals surface area contributed by atoms with Crippen LogP contribution in [0.4, 0.5) is 5.69 Å². The van der Waals surface area contributed by atoms with E-state index in [2.05, 4.69) is 24.1 Å². The third kappa shape index (κ3) is 6.50. The minimum atomic E-state index is -3.10. The van der Waals surface area contributed by atoms with Crippen LogP contribution in [-0.2, 0) is 10.0 Å². The van der Waals surface area contributed by atoms with Crippen molar-refractivity contribution in [2.75, 3.05) is 43.9 Å².